The molecule has 0 radical (unpaired) electrons. The van der Waals surface area contributed by atoms with Gasteiger partial charge in [0.1, 0.15) is 6.04 Å². The van der Waals surface area contributed by atoms with E-state index >= 15 is 0 Å². The van der Waals surface area contributed by atoms with Crippen molar-refractivity contribution < 1.29 is 14.3 Å². The number of hydrogen-bond donors (Lipinski definition) is 4. The van der Waals surface area contributed by atoms with Crippen LogP contribution in [0.5, 0.6) is 0 Å². The predicted molar refractivity (Wildman–Crippen MR) is 135 cm³/mol. The second kappa shape index (κ2) is 10.7. The van der Waals surface area contributed by atoms with Crippen molar-refractivity contribution in [1.29, 1.82) is 0 Å². The Labute approximate surface area is 209 Å². The molecule has 4 N–H and O–H groups in total. The molecule has 2 aliphatic heterocycles. The Balaban J connectivity index is 1.14. The van der Waals surface area contributed by atoms with Gasteiger partial charge < -0.3 is 4.74 Å². The summed E-state index contributed by atoms with van der Waals surface area (Å²) in [5.41, 5.74) is 14.2. The molecule has 182 valence electrons. The summed E-state index contributed by atoms with van der Waals surface area (Å²) in [4.78, 5) is 25.2. The number of hydrazine groups is 2. The minimum atomic E-state index is -0.826. The van der Waals surface area contributed by atoms with Crippen LogP contribution in [0.25, 0.3) is 10.8 Å². The number of carbonyl (C=O) groups is 2. The summed E-state index contributed by atoms with van der Waals surface area (Å²) in [6, 6.07) is 21.8. The number of ether oxygens (including phenoxy) is 1. The lowest BCUT2D eigenvalue weighted by Gasteiger charge is -2.30. The third-order valence-electron chi connectivity index (χ3n) is 6.78. The van der Waals surface area contributed by atoms with Crippen molar-refractivity contribution in [2.75, 3.05) is 0 Å². The fourth-order valence-electron chi connectivity index (χ4n) is 4.87. The Morgan fingerprint density at radius 1 is 0.886 bits per heavy atom. The highest BCUT2D eigenvalue weighted by atomic mass is 35.5. The number of benzene rings is 3. The summed E-state index contributed by atoms with van der Waals surface area (Å²) in [5, 5.41) is 3.12. The van der Waals surface area contributed by atoms with E-state index in [2.05, 4.69) is 46.0 Å². The molecule has 0 saturated carbocycles. The molecule has 2 saturated heterocycles. The van der Waals surface area contributed by atoms with Gasteiger partial charge in [-0.25, -0.2) is 10.9 Å². The minimum Gasteiger partial charge on any atom is -0.451 e. The van der Waals surface area contributed by atoms with E-state index in [1.54, 1.807) is 0 Å². The largest absolute Gasteiger partial charge is 0.451 e. The van der Waals surface area contributed by atoms with Gasteiger partial charge in [-0.05, 0) is 53.6 Å². The lowest BCUT2D eigenvalue weighted by Crippen LogP contribution is -2.58. The minimum absolute atomic E-state index is 0.0469. The average Bonchev–Trinajstić information content (AvgIpc) is 3.35. The molecule has 35 heavy (non-hydrogen) atoms. The van der Waals surface area contributed by atoms with Crippen LogP contribution in [0.3, 0.4) is 0 Å². The van der Waals surface area contributed by atoms with Crippen molar-refractivity contribution in [2.24, 2.45) is 0 Å². The normalized spacial score (nSPS) is 24.3. The Morgan fingerprint density at radius 2 is 1.66 bits per heavy atom. The number of carbonyl (C=O) groups excluding carboxylic acids is 2. The quantitative estimate of drug-likeness (QED) is 0.379. The lowest BCUT2D eigenvalue weighted by atomic mass is 9.95. The molecule has 2 heterocycles. The number of fused-ring (bicyclic) bond motifs is 1. The van der Waals surface area contributed by atoms with E-state index in [1.807, 2.05) is 42.5 Å². The monoisotopic (exact) mass is 492 g/mol. The maximum absolute atomic E-state index is 12.8. The van der Waals surface area contributed by atoms with Gasteiger partial charge >= 0.3 is 5.97 Å². The number of rotatable bonds is 7. The molecule has 5 rings (SSSR count). The lowest BCUT2D eigenvalue weighted by molar-refractivity contribution is -0.160. The van der Waals surface area contributed by atoms with Gasteiger partial charge in [-0.1, -0.05) is 72.3 Å². The Kier molecular flexibility index (Phi) is 7.29. The number of amides is 1. The fourth-order valence-corrected chi connectivity index (χ4v) is 5.10. The van der Waals surface area contributed by atoms with E-state index in [9.17, 15) is 9.59 Å². The number of halogens is 1. The smallest absolute Gasteiger partial charge is 0.325 e. The van der Waals surface area contributed by atoms with E-state index in [0.29, 0.717) is 19.3 Å². The predicted octanol–water partition coefficient (Wildman–Crippen LogP) is 3.21. The molecular formula is C27H29ClN4O3. The number of esters is 1. The molecule has 3 aromatic carbocycles. The molecule has 2 fully saturated rings. The van der Waals surface area contributed by atoms with Gasteiger partial charge in [0, 0.05) is 23.5 Å². The molecule has 8 heteroatoms. The second-order valence-electron chi connectivity index (χ2n) is 9.24. The Hall–Kier alpha value is -2.97. The molecule has 4 atom stereocenters. The van der Waals surface area contributed by atoms with Crippen LogP contribution in [-0.2, 0) is 27.2 Å². The van der Waals surface area contributed by atoms with Crippen molar-refractivity contribution in [2.45, 2.75) is 56.3 Å². The first kappa shape index (κ1) is 23.8. The maximum atomic E-state index is 12.8. The SMILES string of the molecule is O=C(OC1CC(Cc2cccc3ccccc23)NNC1=O)C1CC(CCc2ccccc2Cl)NN1. The second-order valence-corrected chi connectivity index (χ2v) is 9.65. The Bertz CT molecular complexity index is 1210. The van der Waals surface area contributed by atoms with Gasteiger partial charge in [0.2, 0.25) is 0 Å². The third-order valence-corrected chi connectivity index (χ3v) is 7.15. The van der Waals surface area contributed by atoms with Gasteiger partial charge in [-0.15, -0.1) is 0 Å². The summed E-state index contributed by atoms with van der Waals surface area (Å²) in [6.07, 6.45) is 2.54. The summed E-state index contributed by atoms with van der Waals surface area (Å²) < 4.78 is 5.66. The first-order valence-corrected chi connectivity index (χ1v) is 12.4. The van der Waals surface area contributed by atoms with Crippen molar-refractivity contribution >= 4 is 34.2 Å². The number of aryl methyl sites for hydroxylation is 1. The van der Waals surface area contributed by atoms with Gasteiger partial charge in [-0.3, -0.25) is 20.4 Å². The molecule has 4 unspecified atom stereocenters. The zero-order valence-corrected chi connectivity index (χ0v) is 20.1. The average molecular weight is 493 g/mol. The zero-order chi connectivity index (χ0) is 24.2. The van der Waals surface area contributed by atoms with Gasteiger partial charge in [-0.2, -0.15) is 0 Å². The standard InChI is InChI=1S/C27H29ClN4O3/c28-23-11-4-2-7-18(23)12-13-20-15-24(31-29-20)27(34)35-25-16-21(30-32-26(25)33)14-19-9-5-8-17-6-1-3-10-22(17)19/h1-11,20-21,24-25,29-31H,12-16H2,(H,32,33). The van der Waals surface area contributed by atoms with E-state index in [4.69, 9.17) is 16.3 Å². The molecule has 2 aliphatic rings. The van der Waals surface area contributed by atoms with Crippen LogP contribution < -0.4 is 21.7 Å². The van der Waals surface area contributed by atoms with Gasteiger partial charge in [0.25, 0.3) is 5.91 Å². The first-order valence-electron chi connectivity index (χ1n) is 12.0. The van der Waals surface area contributed by atoms with Crippen molar-refractivity contribution in [3.63, 3.8) is 0 Å². The fraction of sp³-hybridized carbons (Fsp3) is 0.333. The van der Waals surface area contributed by atoms with Crippen LogP contribution in [0.15, 0.2) is 66.7 Å². The van der Waals surface area contributed by atoms with Crippen molar-refractivity contribution in [3.05, 3.63) is 82.9 Å². The molecule has 0 spiro atoms. The molecule has 0 aromatic heterocycles. The van der Waals surface area contributed by atoms with E-state index in [0.717, 1.165) is 23.4 Å². The first-order chi connectivity index (χ1) is 17.1. The van der Waals surface area contributed by atoms with Crippen LogP contribution in [0.4, 0.5) is 0 Å². The zero-order valence-electron chi connectivity index (χ0n) is 19.3. The third kappa shape index (κ3) is 5.65. The maximum Gasteiger partial charge on any atom is 0.325 e. The van der Waals surface area contributed by atoms with Crippen LogP contribution in [0.2, 0.25) is 5.02 Å². The molecule has 0 bridgehead atoms. The molecule has 7 nitrogen and oxygen atoms in total. The van der Waals surface area contributed by atoms with Crippen LogP contribution in [-0.4, -0.2) is 36.1 Å². The molecule has 3 aromatic rings. The van der Waals surface area contributed by atoms with Crippen LogP contribution in [0.1, 0.15) is 30.4 Å². The molecule has 0 aliphatic carbocycles. The van der Waals surface area contributed by atoms with Crippen LogP contribution in [0, 0.1) is 0 Å². The van der Waals surface area contributed by atoms with Crippen LogP contribution >= 0.6 is 11.6 Å². The highest BCUT2D eigenvalue weighted by Gasteiger charge is 2.36. The molecular weight excluding hydrogens is 464 g/mol. The van der Waals surface area contributed by atoms with Gasteiger partial charge in [0.15, 0.2) is 6.10 Å². The number of nitrogens with one attached hydrogen (secondary N) is 4. The highest BCUT2D eigenvalue weighted by molar-refractivity contribution is 6.31. The number of hydrogen-bond acceptors (Lipinski definition) is 6. The molecule has 1 amide bonds. The highest BCUT2D eigenvalue weighted by Crippen LogP contribution is 2.23. The van der Waals surface area contributed by atoms with Crippen molar-refractivity contribution in [3.8, 4) is 0 Å². The van der Waals surface area contributed by atoms with Gasteiger partial charge in [0.05, 0.1) is 0 Å². The summed E-state index contributed by atoms with van der Waals surface area (Å²) in [5.74, 6) is -0.738. The summed E-state index contributed by atoms with van der Waals surface area (Å²) in [6.45, 7) is 0. The Morgan fingerprint density at radius 3 is 2.54 bits per heavy atom. The van der Waals surface area contributed by atoms with E-state index < -0.39 is 18.1 Å². The van der Waals surface area contributed by atoms with E-state index in [1.165, 1.54) is 16.3 Å². The summed E-state index contributed by atoms with van der Waals surface area (Å²) >= 11 is 6.25. The summed E-state index contributed by atoms with van der Waals surface area (Å²) in [7, 11) is 0. The van der Waals surface area contributed by atoms with E-state index in [-0.39, 0.29) is 18.0 Å². The van der Waals surface area contributed by atoms with Crippen molar-refractivity contribution in [1.82, 2.24) is 21.7 Å². The topological polar surface area (TPSA) is 91.5 Å².